The maximum Gasteiger partial charge on any atom is 0.219 e. The summed E-state index contributed by atoms with van der Waals surface area (Å²) in [6, 6.07) is 0.743. The summed E-state index contributed by atoms with van der Waals surface area (Å²) in [6.07, 6.45) is 5.16. The van der Waals surface area contributed by atoms with E-state index in [1.807, 2.05) is 4.90 Å². The van der Waals surface area contributed by atoms with Gasteiger partial charge in [-0.2, -0.15) is 0 Å². The summed E-state index contributed by atoms with van der Waals surface area (Å²) in [5, 5.41) is 0. The molecule has 2 N–H and O–H groups in total. The Balaban J connectivity index is 1.76. The molecule has 1 heterocycles. The molecule has 0 aromatic carbocycles. The van der Waals surface area contributed by atoms with Crippen LogP contribution in [0.15, 0.2) is 0 Å². The number of amides is 1. The molecule has 1 amide bonds. The number of rotatable bonds is 2. The first-order valence-corrected chi connectivity index (χ1v) is 6.90. The monoisotopic (exact) mass is 239 g/mol. The SMILES string of the molecule is CC(=O)N1CCN([C@H]2CC[C@H](CN)CC2)CC1. The largest absolute Gasteiger partial charge is 0.340 e. The maximum absolute atomic E-state index is 11.3. The van der Waals surface area contributed by atoms with Gasteiger partial charge in [0.15, 0.2) is 0 Å². The van der Waals surface area contributed by atoms with Crippen molar-refractivity contribution >= 4 is 5.91 Å². The molecule has 2 fully saturated rings. The Kier molecular flexibility index (Phi) is 4.40. The molecule has 1 saturated carbocycles. The zero-order valence-electron chi connectivity index (χ0n) is 10.9. The summed E-state index contributed by atoms with van der Waals surface area (Å²) in [5.74, 6) is 0.973. The average molecular weight is 239 g/mol. The molecule has 0 unspecified atom stereocenters. The summed E-state index contributed by atoms with van der Waals surface area (Å²) in [6.45, 7) is 6.44. The van der Waals surface area contributed by atoms with Crippen molar-refractivity contribution < 1.29 is 4.79 Å². The average Bonchev–Trinajstić information content (AvgIpc) is 2.39. The fraction of sp³-hybridized carbons (Fsp3) is 0.923. The van der Waals surface area contributed by atoms with Crippen LogP contribution in [0, 0.1) is 5.92 Å². The van der Waals surface area contributed by atoms with Crippen LogP contribution in [-0.2, 0) is 4.79 Å². The molecule has 98 valence electrons. The number of hydrogen-bond acceptors (Lipinski definition) is 3. The maximum atomic E-state index is 11.3. The minimum Gasteiger partial charge on any atom is -0.340 e. The molecule has 17 heavy (non-hydrogen) atoms. The van der Waals surface area contributed by atoms with E-state index >= 15 is 0 Å². The van der Waals surface area contributed by atoms with Crippen molar-refractivity contribution in [2.75, 3.05) is 32.7 Å². The highest BCUT2D eigenvalue weighted by atomic mass is 16.2. The molecule has 4 nitrogen and oxygen atoms in total. The van der Waals surface area contributed by atoms with Gasteiger partial charge in [-0.25, -0.2) is 0 Å². The predicted molar refractivity (Wildman–Crippen MR) is 68.6 cm³/mol. The van der Waals surface area contributed by atoms with Crippen LogP contribution in [0.25, 0.3) is 0 Å². The normalized spacial score (nSPS) is 31.5. The van der Waals surface area contributed by atoms with E-state index in [2.05, 4.69) is 4.90 Å². The minimum absolute atomic E-state index is 0.219. The van der Waals surface area contributed by atoms with Gasteiger partial charge in [-0.05, 0) is 38.1 Å². The summed E-state index contributed by atoms with van der Waals surface area (Å²) >= 11 is 0. The number of piperazine rings is 1. The van der Waals surface area contributed by atoms with E-state index in [0.29, 0.717) is 0 Å². The fourth-order valence-electron chi connectivity index (χ4n) is 3.15. The second-order valence-corrected chi connectivity index (χ2v) is 5.45. The number of hydrogen-bond donors (Lipinski definition) is 1. The highest BCUT2D eigenvalue weighted by molar-refractivity contribution is 5.73. The topological polar surface area (TPSA) is 49.6 Å². The van der Waals surface area contributed by atoms with Gasteiger partial charge in [0.25, 0.3) is 0 Å². The fourth-order valence-corrected chi connectivity index (χ4v) is 3.15. The Hall–Kier alpha value is -0.610. The molecule has 1 aliphatic carbocycles. The van der Waals surface area contributed by atoms with Gasteiger partial charge in [0.05, 0.1) is 0 Å². The molecule has 1 saturated heterocycles. The molecule has 0 bridgehead atoms. The highest BCUT2D eigenvalue weighted by Gasteiger charge is 2.28. The van der Waals surface area contributed by atoms with E-state index < -0.39 is 0 Å². The Morgan fingerprint density at radius 2 is 1.71 bits per heavy atom. The first-order valence-electron chi connectivity index (χ1n) is 6.90. The summed E-state index contributed by atoms with van der Waals surface area (Å²) in [4.78, 5) is 15.8. The molecular formula is C13H25N3O. The number of nitrogens with two attached hydrogens (primary N) is 1. The van der Waals surface area contributed by atoms with E-state index in [1.165, 1.54) is 25.7 Å². The number of carbonyl (C=O) groups is 1. The lowest BCUT2D eigenvalue weighted by Crippen LogP contribution is -2.52. The van der Waals surface area contributed by atoms with Crippen molar-refractivity contribution in [2.24, 2.45) is 11.7 Å². The lowest BCUT2D eigenvalue weighted by Gasteiger charge is -2.41. The molecule has 1 aliphatic heterocycles. The van der Waals surface area contributed by atoms with Crippen molar-refractivity contribution in [3.63, 3.8) is 0 Å². The van der Waals surface area contributed by atoms with Crippen molar-refractivity contribution in [1.29, 1.82) is 0 Å². The number of nitrogens with zero attached hydrogens (tertiary/aromatic N) is 2. The first-order chi connectivity index (χ1) is 8.20. The van der Waals surface area contributed by atoms with Gasteiger partial charge < -0.3 is 10.6 Å². The third kappa shape index (κ3) is 3.19. The van der Waals surface area contributed by atoms with Crippen LogP contribution < -0.4 is 5.73 Å². The van der Waals surface area contributed by atoms with E-state index in [0.717, 1.165) is 44.7 Å². The Labute approximate surface area is 104 Å². The van der Waals surface area contributed by atoms with Gasteiger partial charge in [0.1, 0.15) is 0 Å². The van der Waals surface area contributed by atoms with Gasteiger partial charge in [0, 0.05) is 39.1 Å². The van der Waals surface area contributed by atoms with Crippen LogP contribution in [0.3, 0.4) is 0 Å². The van der Waals surface area contributed by atoms with E-state index in [9.17, 15) is 4.79 Å². The molecule has 0 aromatic rings. The summed E-state index contributed by atoms with van der Waals surface area (Å²) < 4.78 is 0. The highest BCUT2D eigenvalue weighted by Crippen LogP contribution is 2.27. The standard InChI is InChI=1S/C13H25N3O/c1-11(17)15-6-8-16(9-7-15)13-4-2-12(10-14)3-5-13/h12-13H,2-10,14H2,1H3/t12-,13-. The Bertz CT molecular complexity index is 253. The van der Waals surface area contributed by atoms with Gasteiger partial charge in [-0.15, -0.1) is 0 Å². The van der Waals surface area contributed by atoms with Crippen molar-refractivity contribution in [1.82, 2.24) is 9.80 Å². The molecule has 0 atom stereocenters. The molecular weight excluding hydrogens is 214 g/mol. The smallest absolute Gasteiger partial charge is 0.219 e. The summed E-state index contributed by atoms with van der Waals surface area (Å²) in [7, 11) is 0. The molecule has 4 heteroatoms. The molecule has 0 radical (unpaired) electrons. The predicted octanol–water partition coefficient (Wildman–Crippen LogP) is 0.668. The third-order valence-corrected chi connectivity index (χ3v) is 4.43. The van der Waals surface area contributed by atoms with Gasteiger partial charge >= 0.3 is 0 Å². The second kappa shape index (κ2) is 5.83. The Morgan fingerprint density at radius 3 is 2.18 bits per heavy atom. The van der Waals surface area contributed by atoms with Crippen LogP contribution in [0.5, 0.6) is 0 Å². The number of carbonyl (C=O) groups excluding carboxylic acids is 1. The molecule has 2 rings (SSSR count). The molecule has 0 aromatic heterocycles. The quantitative estimate of drug-likeness (QED) is 0.770. The molecule has 0 spiro atoms. The van der Waals surface area contributed by atoms with Crippen LogP contribution in [0.2, 0.25) is 0 Å². The zero-order valence-corrected chi connectivity index (χ0v) is 10.9. The van der Waals surface area contributed by atoms with Crippen LogP contribution in [-0.4, -0.2) is 54.5 Å². The van der Waals surface area contributed by atoms with Crippen LogP contribution >= 0.6 is 0 Å². The van der Waals surface area contributed by atoms with Crippen molar-refractivity contribution in [2.45, 2.75) is 38.6 Å². The Morgan fingerprint density at radius 1 is 1.12 bits per heavy atom. The van der Waals surface area contributed by atoms with E-state index in [4.69, 9.17) is 5.73 Å². The van der Waals surface area contributed by atoms with Crippen LogP contribution in [0.4, 0.5) is 0 Å². The lowest BCUT2D eigenvalue weighted by molar-refractivity contribution is -0.131. The molecule has 2 aliphatic rings. The van der Waals surface area contributed by atoms with Crippen molar-refractivity contribution in [3.8, 4) is 0 Å². The van der Waals surface area contributed by atoms with Crippen molar-refractivity contribution in [3.05, 3.63) is 0 Å². The van der Waals surface area contributed by atoms with E-state index in [-0.39, 0.29) is 5.91 Å². The summed E-state index contributed by atoms with van der Waals surface area (Å²) in [5.41, 5.74) is 5.72. The lowest BCUT2D eigenvalue weighted by atomic mass is 9.85. The second-order valence-electron chi connectivity index (χ2n) is 5.45. The third-order valence-electron chi connectivity index (χ3n) is 4.43. The van der Waals surface area contributed by atoms with E-state index in [1.54, 1.807) is 6.92 Å². The van der Waals surface area contributed by atoms with Gasteiger partial charge in [-0.1, -0.05) is 0 Å². The zero-order chi connectivity index (χ0) is 12.3. The van der Waals surface area contributed by atoms with Crippen LogP contribution in [0.1, 0.15) is 32.6 Å². The first kappa shape index (κ1) is 12.8. The van der Waals surface area contributed by atoms with Gasteiger partial charge in [-0.3, -0.25) is 9.69 Å². The minimum atomic E-state index is 0.219. The van der Waals surface area contributed by atoms with Gasteiger partial charge in [0.2, 0.25) is 5.91 Å².